The number of rotatable bonds is 7. The number of allylic oxidation sites excluding steroid dienone is 2. The van der Waals surface area contributed by atoms with Crippen molar-refractivity contribution in [2.24, 2.45) is 0 Å². The molecular weight excluding hydrogens is 386 g/mol. The number of carbonyl (C=O) groups is 1. The van der Waals surface area contributed by atoms with Gasteiger partial charge in [0.05, 0.1) is 33.5 Å². The molecule has 2 aliphatic rings. The molecule has 1 aliphatic heterocycles. The number of benzene rings is 1. The first-order valence-electron chi connectivity index (χ1n) is 10.3. The van der Waals surface area contributed by atoms with E-state index in [1.165, 1.54) is 5.57 Å². The van der Waals surface area contributed by atoms with Crippen molar-refractivity contribution in [2.45, 2.75) is 45.6 Å². The standard InChI is InChI=1S/C23H31NO6/c1-7-29-23(25)20-21(19-17(27-5)12-15(26-4)13-18(19)28-6)24(3)30-22(20)16-11-9-8-10-14(16)2/h12-13,21H,7-11H2,1-6H3. The Kier molecular flexibility index (Phi) is 6.92. The Hall–Kier alpha value is -2.67. The van der Waals surface area contributed by atoms with E-state index in [1.807, 2.05) is 0 Å². The van der Waals surface area contributed by atoms with E-state index in [0.717, 1.165) is 31.3 Å². The van der Waals surface area contributed by atoms with Gasteiger partial charge in [-0.05, 0) is 45.1 Å². The van der Waals surface area contributed by atoms with Crippen LogP contribution < -0.4 is 14.2 Å². The number of hydrogen-bond donors (Lipinski definition) is 0. The third kappa shape index (κ3) is 3.99. The van der Waals surface area contributed by atoms with Crippen LogP contribution in [0.25, 0.3) is 0 Å². The summed E-state index contributed by atoms with van der Waals surface area (Å²) in [6.45, 7) is 4.18. The smallest absolute Gasteiger partial charge is 0.340 e. The highest BCUT2D eigenvalue weighted by molar-refractivity contribution is 5.92. The lowest BCUT2D eigenvalue weighted by Crippen LogP contribution is -2.24. The Balaban J connectivity index is 2.24. The zero-order chi connectivity index (χ0) is 21.8. The summed E-state index contributed by atoms with van der Waals surface area (Å²) in [5.41, 5.74) is 3.50. The van der Waals surface area contributed by atoms with Gasteiger partial charge in [-0.2, -0.15) is 0 Å². The van der Waals surface area contributed by atoms with Crippen molar-refractivity contribution < 1.29 is 28.6 Å². The highest BCUT2D eigenvalue weighted by atomic mass is 16.7. The number of ether oxygens (including phenoxy) is 4. The Morgan fingerprint density at radius 3 is 2.27 bits per heavy atom. The minimum atomic E-state index is -0.544. The highest BCUT2D eigenvalue weighted by Crippen LogP contribution is 2.49. The number of carbonyl (C=O) groups excluding carboxylic acids is 1. The summed E-state index contributed by atoms with van der Waals surface area (Å²) in [5, 5.41) is 1.67. The van der Waals surface area contributed by atoms with Crippen LogP contribution in [0.4, 0.5) is 0 Å². The van der Waals surface area contributed by atoms with Crippen molar-refractivity contribution in [3.63, 3.8) is 0 Å². The van der Waals surface area contributed by atoms with Crippen LogP contribution >= 0.6 is 0 Å². The number of nitrogens with zero attached hydrogens (tertiary/aromatic N) is 1. The Morgan fingerprint density at radius 1 is 1.10 bits per heavy atom. The molecule has 1 aliphatic carbocycles. The van der Waals surface area contributed by atoms with Crippen LogP contribution in [-0.4, -0.2) is 46.0 Å². The number of methoxy groups -OCH3 is 3. The third-order valence-corrected chi connectivity index (χ3v) is 5.66. The molecule has 0 amide bonds. The first-order chi connectivity index (χ1) is 14.5. The van der Waals surface area contributed by atoms with Crippen LogP contribution in [0.1, 0.15) is 51.1 Å². The van der Waals surface area contributed by atoms with E-state index in [2.05, 4.69) is 6.92 Å². The molecule has 1 atom stereocenters. The van der Waals surface area contributed by atoms with Crippen molar-refractivity contribution in [1.29, 1.82) is 0 Å². The molecule has 7 nitrogen and oxygen atoms in total. The van der Waals surface area contributed by atoms with Crippen molar-refractivity contribution in [3.05, 3.63) is 40.2 Å². The quantitative estimate of drug-likeness (QED) is 0.612. The second-order valence-electron chi connectivity index (χ2n) is 7.41. The minimum Gasteiger partial charge on any atom is -0.496 e. The lowest BCUT2D eigenvalue weighted by molar-refractivity contribution is -0.139. The van der Waals surface area contributed by atoms with E-state index in [1.54, 1.807) is 52.5 Å². The Morgan fingerprint density at radius 2 is 1.73 bits per heavy atom. The Labute approximate surface area is 178 Å². The van der Waals surface area contributed by atoms with Gasteiger partial charge in [-0.25, -0.2) is 4.79 Å². The maximum Gasteiger partial charge on any atom is 0.340 e. The summed E-state index contributed by atoms with van der Waals surface area (Å²) < 4.78 is 22.1. The molecule has 1 aromatic carbocycles. The molecule has 7 heteroatoms. The summed E-state index contributed by atoms with van der Waals surface area (Å²) >= 11 is 0. The number of likely N-dealkylation sites (N-methyl/N-ethyl adjacent to an activating group) is 1. The summed E-state index contributed by atoms with van der Waals surface area (Å²) in [7, 11) is 6.55. The van der Waals surface area contributed by atoms with Gasteiger partial charge in [0, 0.05) is 19.2 Å². The second kappa shape index (κ2) is 9.43. The monoisotopic (exact) mass is 417 g/mol. The topological polar surface area (TPSA) is 66.5 Å². The summed E-state index contributed by atoms with van der Waals surface area (Å²) in [5.74, 6) is 1.89. The van der Waals surface area contributed by atoms with Crippen molar-refractivity contribution in [2.75, 3.05) is 35.0 Å². The number of hydroxylamine groups is 2. The molecule has 0 saturated heterocycles. The SMILES string of the molecule is CCOC(=O)C1=C(C2=C(C)CCCC2)ON(C)C1c1c(OC)cc(OC)cc1OC. The van der Waals surface area contributed by atoms with E-state index in [-0.39, 0.29) is 6.61 Å². The van der Waals surface area contributed by atoms with Crippen LogP contribution in [0.3, 0.4) is 0 Å². The fourth-order valence-electron chi connectivity index (χ4n) is 4.17. The molecule has 1 aromatic rings. The van der Waals surface area contributed by atoms with E-state index in [9.17, 15) is 4.79 Å². The summed E-state index contributed by atoms with van der Waals surface area (Å²) in [6.07, 6.45) is 4.10. The molecular formula is C23H31NO6. The van der Waals surface area contributed by atoms with Gasteiger partial charge in [-0.3, -0.25) is 0 Å². The third-order valence-electron chi connectivity index (χ3n) is 5.66. The van der Waals surface area contributed by atoms with Gasteiger partial charge < -0.3 is 23.8 Å². The molecule has 0 bridgehead atoms. The largest absolute Gasteiger partial charge is 0.496 e. The van der Waals surface area contributed by atoms with Gasteiger partial charge >= 0.3 is 5.97 Å². The van der Waals surface area contributed by atoms with E-state index in [0.29, 0.717) is 34.1 Å². The maximum absolute atomic E-state index is 13.1. The maximum atomic E-state index is 13.1. The van der Waals surface area contributed by atoms with Crippen LogP contribution in [0.5, 0.6) is 17.2 Å². The van der Waals surface area contributed by atoms with Gasteiger partial charge in [0.1, 0.15) is 28.9 Å². The van der Waals surface area contributed by atoms with Crippen molar-refractivity contribution in [3.8, 4) is 17.2 Å². The molecule has 0 aromatic heterocycles. The molecule has 0 spiro atoms. The van der Waals surface area contributed by atoms with Gasteiger partial charge in [-0.15, -0.1) is 5.06 Å². The van der Waals surface area contributed by atoms with Gasteiger partial charge in [0.15, 0.2) is 5.76 Å². The zero-order valence-electron chi connectivity index (χ0n) is 18.7. The fraction of sp³-hybridized carbons (Fsp3) is 0.522. The molecule has 0 saturated carbocycles. The fourth-order valence-corrected chi connectivity index (χ4v) is 4.17. The Bertz CT molecular complexity index is 847. The molecule has 0 N–H and O–H groups in total. The second-order valence-corrected chi connectivity index (χ2v) is 7.41. The predicted molar refractivity (Wildman–Crippen MR) is 113 cm³/mol. The van der Waals surface area contributed by atoms with Crippen LogP contribution in [-0.2, 0) is 14.4 Å². The molecule has 1 heterocycles. The molecule has 0 radical (unpaired) electrons. The van der Waals surface area contributed by atoms with Crippen LogP contribution in [0, 0.1) is 0 Å². The van der Waals surface area contributed by atoms with Gasteiger partial charge in [0.2, 0.25) is 0 Å². The average molecular weight is 418 g/mol. The average Bonchev–Trinajstić information content (AvgIpc) is 3.09. The predicted octanol–water partition coefficient (Wildman–Crippen LogP) is 4.34. The molecule has 30 heavy (non-hydrogen) atoms. The van der Waals surface area contributed by atoms with Gasteiger partial charge in [0.25, 0.3) is 0 Å². The van der Waals surface area contributed by atoms with Crippen molar-refractivity contribution >= 4 is 5.97 Å². The summed E-state index contributed by atoms with van der Waals surface area (Å²) in [4.78, 5) is 19.3. The summed E-state index contributed by atoms with van der Waals surface area (Å²) in [6, 6.07) is 3.01. The highest BCUT2D eigenvalue weighted by Gasteiger charge is 2.43. The van der Waals surface area contributed by atoms with E-state index < -0.39 is 12.0 Å². The van der Waals surface area contributed by atoms with E-state index >= 15 is 0 Å². The van der Waals surface area contributed by atoms with Crippen molar-refractivity contribution in [1.82, 2.24) is 5.06 Å². The number of esters is 1. The van der Waals surface area contributed by atoms with Gasteiger partial charge in [-0.1, -0.05) is 5.57 Å². The first-order valence-corrected chi connectivity index (χ1v) is 10.3. The lowest BCUT2D eigenvalue weighted by atomic mass is 9.88. The minimum absolute atomic E-state index is 0.279. The normalized spacial score (nSPS) is 19.6. The molecule has 0 fully saturated rings. The molecule has 164 valence electrons. The lowest BCUT2D eigenvalue weighted by Gasteiger charge is -2.24. The molecule has 1 unspecified atom stereocenters. The van der Waals surface area contributed by atoms with Crippen LogP contribution in [0.2, 0.25) is 0 Å². The van der Waals surface area contributed by atoms with Crippen LogP contribution in [0.15, 0.2) is 34.6 Å². The number of hydrogen-bond acceptors (Lipinski definition) is 7. The van der Waals surface area contributed by atoms with E-state index in [4.69, 9.17) is 23.8 Å². The first kappa shape index (κ1) is 22.0. The zero-order valence-corrected chi connectivity index (χ0v) is 18.7. The molecule has 3 rings (SSSR count).